The topological polar surface area (TPSA) is 67.2 Å². The fourth-order valence-electron chi connectivity index (χ4n) is 3.32. The zero-order valence-electron chi connectivity index (χ0n) is 12.9. The van der Waals surface area contributed by atoms with Gasteiger partial charge in [0.15, 0.2) is 0 Å². The van der Waals surface area contributed by atoms with Crippen LogP contribution in [0.15, 0.2) is 0 Å². The highest BCUT2D eigenvalue weighted by Crippen LogP contribution is 2.36. The maximum absolute atomic E-state index is 11.7. The van der Waals surface area contributed by atoms with Crippen LogP contribution in [0, 0.1) is 20.8 Å². The third kappa shape index (κ3) is 2.46. The summed E-state index contributed by atoms with van der Waals surface area (Å²) >= 11 is 0. The number of nitrogens with zero attached hydrogens (tertiary/aromatic N) is 2. The van der Waals surface area contributed by atoms with Crippen LogP contribution in [0.2, 0.25) is 0 Å². The third-order valence-electron chi connectivity index (χ3n) is 4.68. The number of nitrogens with one attached hydrogen (secondary N) is 1. The second kappa shape index (κ2) is 5.56. The van der Waals surface area contributed by atoms with E-state index in [-0.39, 0.29) is 6.04 Å². The lowest BCUT2D eigenvalue weighted by Crippen LogP contribution is -2.55. The maximum atomic E-state index is 11.7. The monoisotopic (exact) mass is 279 g/mol. The Morgan fingerprint density at radius 2 is 2.20 bits per heavy atom. The smallest absolute Gasteiger partial charge is 0.323 e. The highest BCUT2D eigenvalue weighted by Gasteiger charge is 2.43. The Morgan fingerprint density at radius 1 is 1.50 bits per heavy atom. The Labute approximate surface area is 120 Å². The highest BCUT2D eigenvalue weighted by molar-refractivity contribution is 5.79. The summed E-state index contributed by atoms with van der Waals surface area (Å²) in [4.78, 5) is 11.7. The fraction of sp³-hybridized carbons (Fsp3) is 0.733. The van der Waals surface area contributed by atoms with Crippen molar-refractivity contribution in [1.29, 1.82) is 0 Å². The molecule has 0 aromatic carbocycles. The molecule has 0 spiro atoms. The van der Waals surface area contributed by atoms with Crippen molar-refractivity contribution < 1.29 is 9.90 Å². The van der Waals surface area contributed by atoms with Gasteiger partial charge in [0.25, 0.3) is 0 Å². The first kappa shape index (κ1) is 15.0. The number of carbonyl (C=O) groups is 1. The van der Waals surface area contributed by atoms with E-state index in [1.807, 2.05) is 18.5 Å². The number of rotatable bonds is 4. The number of aromatic nitrogens is 2. The lowest BCUT2D eigenvalue weighted by atomic mass is 9.78. The predicted molar refractivity (Wildman–Crippen MR) is 78.0 cm³/mol. The van der Waals surface area contributed by atoms with Crippen molar-refractivity contribution in [3.63, 3.8) is 0 Å². The standard InChI is InChI=1S/C15H25N3O2/c1-5-16-15(14(19)20)8-6-7-13(9-15)18-12(4)10(2)11(3)17-18/h13,16H,5-9H2,1-4H3,(H,19,20). The third-order valence-corrected chi connectivity index (χ3v) is 4.68. The molecule has 1 heterocycles. The summed E-state index contributed by atoms with van der Waals surface area (Å²) in [6.07, 6.45) is 3.23. The van der Waals surface area contributed by atoms with Crippen molar-refractivity contribution >= 4 is 5.97 Å². The van der Waals surface area contributed by atoms with Gasteiger partial charge in [-0.2, -0.15) is 5.10 Å². The summed E-state index contributed by atoms with van der Waals surface area (Å²) in [6, 6.07) is 0.172. The van der Waals surface area contributed by atoms with Crippen molar-refractivity contribution in [3.8, 4) is 0 Å². The lowest BCUT2D eigenvalue weighted by Gasteiger charge is -2.38. The Kier molecular flexibility index (Phi) is 4.18. The summed E-state index contributed by atoms with van der Waals surface area (Å²) in [5.74, 6) is -0.734. The van der Waals surface area contributed by atoms with Crippen LogP contribution < -0.4 is 5.32 Å². The summed E-state index contributed by atoms with van der Waals surface area (Å²) in [7, 11) is 0. The molecule has 2 rings (SSSR count). The molecule has 2 atom stereocenters. The average Bonchev–Trinajstić information content (AvgIpc) is 2.67. The molecule has 5 heteroatoms. The first-order chi connectivity index (χ1) is 9.41. The van der Waals surface area contributed by atoms with E-state index in [4.69, 9.17) is 0 Å². The SMILES string of the molecule is CCNC1(C(=O)O)CCCC(n2nc(C)c(C)c2C)C1. The molecule has 0 amide bonds. The molecule has 5 nitrogen and oxygen atoms in total. The molecule has 112 valence electrons. The van der Waals surface area contributed by atoms with Gasteiger partial charge in [0.2, 0.25) is 0 Å². The van der Waals surface area contributed by atoms with Gasteiger partial charge >= 0.3 is 5.97 Å². The molecule has 0 radical (unpaired) electrons. The first-order valence-electron chi connectivity index (χ1n) is 7.42. The molecular weight excluding hydrogens is 254 g/mol. The van der Waals surface area contributed by atoms with E-state index < -0.39 is 11.5 Å². The molecule has 20 heavy (non-hydrogen) atoms. The fourth-order valence-corrected chi connectivity index (χ4v) is 3.32. The zero-order valence-corrected chi connectivity index (χ0v) is 12.9. The number of likely N-dealkylation sites (N-methyl/N-ethyl adjacent to an activating group) is 1. The molecular formula is C15H25N3O2. The van der Waals surface area contributed by atoms with Crippen molar-refractivity contribution in [1.82, 2.24) is 15.1 Å². The average molecular weight is 279 g/mol. The molecule has 2 N–H and O–H groups in total. The van der Waals surface area contributed by atoms with Crippen LogP contribution in [0.25, 0.3) is 0 Å². The van der Waals surface area contributed by atoms with Crippen LogP contribution in [-0.4, -0.2) is 32.9 Å². The van der Waals surface area contributed by atoms with Crippen LogP contribution in [0.1, 0.15) is 55.6 Å². The number of aliphatic carboxylic acids is 1. The summed E-state index contributed by atoms with van der Waals surface area (Å²) < 4.78 is 2.04. The van der Waals surface area contributed by atoms with Crippen molar-refractivity contribution in [2.45, 2.75) is 65.0 Å². The molecule has 0 aliphatic heterocycles. The number of carboxylic acids is 1. The Balaban J connectivity index is 2.29. The van der Waals surface area contributed by atoms with E-state index in [2.05, 4.69) is 24.3 Å². The van der Waals surface area contributed by atoms with E-state index in [0.29, 0.717) is 19.4 Å². The Hall–Kier alpha value is -1.36. The molecule has 1 aliphatic rings. The lowest BCUT2D eigenvalue weighted by molar-refractivity contribution is -0.147. The number of hydrogen-bond donors (Lipinski definition) is 2. The van der Waals surface area contributed by atoms with E-state index in [0.717, 1.165) is 24.2 Å². The van der Waals surface area contributed by atoms with Crippen LogP contribution in [0.3, 0.4) is 0 Å². The van der Waals surface area contributed by atoms with Gasteiger partial charge in [-0.05, 0) is 58.6 Å². The minimum atomic E-state index is -0.794. The van der Waals surface area contributed by atoms with Crippen LogP contribution in [0.4, 0.5) is 0 Å². The Bertz CT molecular complexity index is 505. The van der Waals surface area contributed by atoms with Gasteiger partial charge in [0.1, 0.15) is 5.54 Å². The molecule has 1 aliphatic carbocycles. The first-order valence-corrected chi connectivity index (χ1v) is 7.42. The predicted octanol–water partition coefficient (Wildman–Crippen LogP) is 2.36. The molecule has 1 saturated carbocycles. The van der Waals surface area contributed by atoms with Crippen molar-refractivity contribution in [2.75, 3.05) is 6.54 Å². The minimum Gasteiger partial charge on any atom is -0.480 e. The van der Waals surface area contributed by atoms with Gasteiger partial charge < -0.3 is 10.4 Å². The Morgan fingerprint density at radius 3 is 2.70 bits per heavy atom. The van der Waals surface area contributed by atoms with Gasteiger partial charge in [0.05, 0.1) is 11.7 Å². The number of hydrogen-bond acceptors (Lipinski definition) is 3. The minimum absolute atomic E-state index is 0.172. The van der Waals surface area contributed by atoms with Gasteiger partial charge in [0, 0.05) is 5.69 Å². The van der Waals surface area contributed by atoms with Gasteiger partial charge in [-0.1, -0.05) is 6.92 Å². The summed E-state index contributed by atoms with van der Waals surface area (Å²) in [5.41, 5.74) is 2.61. The normalized spacial score (nSPS) is 26.7. The molecule has 0 saturated heterocycles. The van der Waals surface area contributed by atoms with E-state index in [1.54, 1.807) is 0 Å². The van der Waals surface area contributed by atoms with Crippen molar-refractivity contribution in [3.05, 3.63) is 17.0 Å². The van der Waals surface area contributed by atoms with Gasteiger partial charge in [-0.3, -0.25) is 9.48 Å². The molecule has 1 fully saturated rings. The number of carboxylic acid groups (broad SMARTS) is 1. The van der Waals surface area contributed by atoms with E-state index in [1.165, 1.54) is 5.56 Å². The second-order valence-corrected chi connectivity index (χ2v) is 5.91. The number of aryl methyl sites for hydroxylation is 1. The molecule has 2 unspecified atom stereocenters. The van der Waals surface area contributed by atoms with Crippen molar-refractivity contribution in [2.24, 2.45) is 0 Å². The van der Waals surface area contributed by atoms with Crippen LogP contribution in [0.5, 0.6) is 0 Å². The van der Waals surface area contributed by atoms with Crippen LogP contribution in [-0.2, 0) is 4.79 Å². The highest BCUT2D eigenvalue weighted by atomic mass is 16.4. The van der Waals surface area contributed by atoms with E-state index in [9.17, 15) is 9.90 Å². The van der Waals surface area contributed by atoms with E-state index >= 15 is 0 Å². The van der Waals surface area contributed by atoms with Crippen LogP contribution >= 0.6 is 0 Å². The largest absolute Gasteiger partial charge is 0.480 e. The molecule has 1 aromatic rings. The molecule has 1 aromatic heterocycles. The summed E-state index contributed by atoms with van der Waals surface area (Å²) in [6.45, 7) is 8.79. The summed E-state index contributed by atoms with van der Waals surface area (Å²) in [5, 5.41) is 17.4. The quantitative estimate of drug-likeness (QED) is 0.888. The second-order valence-electron chi connectivity index (χ2n) is 5.91. The molecule has 0 bridgehead atoms. The maximum Gasteiger partial charge on any atom is 0.323 e. The van der Waals surface area contributed by atoms with Gasteiger partial charge in [-0.15, -0.1) is 0 Å². The zero-order chi connectivity index (χ0) is 14.9. The van der Waals surface area contributed by atoms with Gasteiger partial charge in [-0.25, -0.2) is 0 Å².